The van der Waals surface area contributed by atoms with Crippen LogP contribution < -0.4 is 19.1 Å². The monoisotopic (exact) mass is 628 g/mol. The van der Waals surface area contributed by atoms with Gasteiger partial charge in [0.1, 0.15) is 22.9 Å². The fourth-order valence-electron chi connectivity index (χ4n) is 4.13. The average molecular weight is 629 g/mol. The number of nitriles is 1. The van der Waals surface area contributed by atoms with Gasteiger partial charge in [-0.3, -0.25) is 9.40 Å². The number of para-hydroxylation sites is 1. The third kappa shape index (κ3) is 6.60. The number of aromatic nitrogens is 4. The van der Waals surface area contributed by atoms with E-state index in [0.717, 1.165) is 6.26 Å². The molecule has 1 atom stereocenters. The molecule has 4 aromatic rings. The Morgan fingerprint density at radius 2 is 1.63 bits per heavy atom. The first-order chi connectivity index (χ1) is 20.5. The van der Waals surface area contributed by atoms with Crippen LogP contribution in [0, 0.1) is 11.3 Å². The molecule has 0 saturated carbocycles. The third-order valence-electron chi connectivity index (χ3n) is 6.21. The van der Waals surface area contributed by atoms with Crippen LogP contribution in [0.2, 0.25) is 0 Å². The molecule has 226 valence electrons. The van der Waals surface area contributed by atoms with Gasteiger partial charge in [0.05, 0.1) is 43.6 Å². The molecule has 0 amide bonds. The van der Waals surface area contributed by atoms with Crippen molar-refractivity contribution in [3.05, 3.63) is 71.5 Å². The smallest absolute Gasteiger partial charge is 0.233 e. The molecule has 0 saturated heterocycles. The second-order valence-electron chi connectivity index (χ2n) is 8.91. The molecule has 2 aromatic carbocycles. The fraction of sp³-hybridized carbons (Fsp3) is 0.259. The number of hydrogen-bond acceptors (Lipinski definition) is 12. The minimum absolute atomic E-state index is 0.0204. The van der Waals surface area contributed by atoms with Crippen molar-refractivity contribution in [1.82, 2.24) is 24.6 Å². The van der Waals surface area contributed by atoms with Gasteiger partial charge in [0.15, 0.2) is 27.6 Å². The van der Waals surface area contributed by atoms with E-state index in [1.54, 1.807) is 36.4 Å². The predicted molar refractivity (Wildman–Crippen MR) is 154 cm³/mol. The molecule has 1 N–H and O–H groups in total. The zero-order chi connectivity index (χ0) is 31.4. The van der Waals surface area contributed by atoms with Crippen molar-refractivity contribution in [2.75, 3.05) is 33.3 Å². The van der Waals surface area contributed by atoms with Gasteiger partial charge in [-0.1, -0.05) is 23.1 Å². The van der Waals surface area contributed by atoms with Crippen LogP contribution in [0.3, 0.4) is 0 Å². The number of nitrogens with one attached hydrogen (secondary N) is 1. The van der Waals surface area contributed by atoms with Crippen LogP contribution in [-0.2, 0) is 24.7 Å². The molecule has 0 aliphatic heterocycles. The van der Waals surface area contributed by atoms with Gasteiger partial charge >= 0.3 is 0 Å². The highest BCUT2D eigenvalue weighted by Crippen LogP contribution is 2.40. The molecular formula is C27H28N6O8S2. The van der Waals surface area contributed by atoms with E-state index in [1.165, 1.54) is 51.0 Å². The van der Waals surface area contributed by atoms with Crippen molar-refractivity contribution in [3.8, 4) is 40.7 Å². The molecule has 0 unspecified atom stereocenters. The zero-order valence-corrected chi connectivity index (χ0v) is 25.4. The van der Waals surface area contributed by atoms with Crippen molar-refractivity contribution in [2.45, 2.75) is 17.9 Å². The zero-order valence-electron chi connectivity index (χ0n) is 23.8. The number of hydrogen-bond donors (Lipinski definition) is 1. The largest absolute Gasteiger partial charge is 0.494 e. The summed E-state index contributed by atoms with van der Waals surface area (Å²) < 4.78 is 68.9. The van der Waals surface area contributed by atoms with E-state index in [-0.39, 0.29) is 45.0 Å². The quantitative estimate of drug-likeness (QED) is 0.227. The lowest BCUT2D eigenvalue weighted by Crippen LogP contribution is -2.30. The molecule has 4 rings (SSSR count). The minimum Gasteiger partial charge on any atom is -0.494 e. The van der Waals surface area contributed by atoms with Crippen LogP contribution in [0.4, 0.5) is 0 Å². The lowest BCUT2D eigenvalue weighted by molar-refractivity contribution is 0.0339. The van der Waals surface area contributed by atoms with Crippen LogP contribution in [0.15, 0.2) is 59.5 Å². The first kappa shape index (κ1) is 31.4. The van der Waals surface area contributed by atoms with Gasteiger partial charge in [-0.2, -0.15) is 5.26 Å². The summed E-state index contributed by atoms with van der Waals surface area (Å²) in [5.41, 5.74) is 0.620. The summed E-state index contributed by atoms with van der Waals surface area (Å²) >= 11 is 0. The second-order valence-corrected chi connectivity index (χ2v) is 12.9. The summed E-state index contributed by atoms with van der Waals surface area (Å²) in [5.74, 6) is 0.615. The first-order valence-corrected chi connectivity index (χ1v) is 16.1. The molecule has 14 nitrogen and oxygen atoms in total. The lowest BCUT2D eigenvalue weighted by Gasteiger charge is -2.23. The first-order valence-electron chi connectivity index (χ1n) is 12.5. The number of benzene rings is 2. The summed E-state index contributed by atoms with van der Waals surface area (Å²) in [5, 5.41) is 18.2. The maximum atomic E-state index is 13.0. The molecule has 0 aliphatic rings. The summed E-state index contributed by atoms with van der Waals surface area (Å²) in [7, 11) is -3.60. The molecule has 0 bridgehead atoms. The molecule has 0 spiro atoms. The molecule has 16 heteroatoms. The maximum absolute atomic E-state index is 13.0. The Kier molecular flexibility index (Phi) is 9.30. The molecular weight excluding hydrogens is 600 g/mol. The van der Waals surface area contributed by atoms with E-state index >= 15 is 0 Å². The summed E-state index contributed by atoms with van der Waals surface area (Å²) in [6.07, 6.45) is -0.569. The predicted octanol–water partition coefficient (Wildman–Crippen LogP) is 2.59. The summed E-state index contributed by atoms with van der Waals surface area (Å²) in [6.45, 7) is 1.40. The van der Waals surface area contributed by atoms with Crippen molar-refractivity contribution < 1.29 is 35.9 Å². The highest BCUT2D eigenvalue weighted by Gasteiger charge is 2.33. The van der Waals surface area contributed by atoms with Crippen LogP contribution in [0.5, 0.6) is 17.4 Å². The van der Waals surface area contributed by atoms with E-state index in [2.05, 4.69) is 15.2 Å². The molecule has 0 aliphatic carbocycles. The summed E-state index contributed by atoms with van der Waals surface area (Å²) in [6, 6.07) is 15.8. The van der Waals surface area contributed by atoms with Gasteiger partial charge < -0.3 is 14.2 Å². The van der Waals surface area contributed by atoms with Crippen molar-refractivity contribution in [3.63, 3.8) is 0 Å². The van der Waals surface area contributed by atoms with E-state index in [1.807, 2.05) is 11.0 Å². The number of ether oxygens (including phenoxy) is 3. The Balaban J connectivity index is 2.13. The number of sulfonamides is 1. The van der Waals surface area contributed by atoms with Crippen molar-refractivity contribution in [1.29, 1.82) is 5.26 Å². The van der Waals surface area contributed by atoms with Crippen LogP contribution in [0.1, 0.15) is 30.0 Å². The van der Waals surface area contributed by atoms with Crippen LogP contribution >= 0.6 is 0 Å². The molecule has 2 aromatic heterocycles. The van der Waals surface area contributed by atoms with Gasteiger partial charge in [0.25, 0.3) is 0 Å². The van der Waals surface area contributed by atoms with Gasteiger partial charge in [0.2, 0.25) is 15.9 Å². The second kappa shape index (κ2) is 12.8. The number of methoxy groups -OCH3 is 3. The number of nitrogens with zero attached hydrogens (tertiary/aromatic N) is 5. The number of pyridine rings is 1. The van der Waals surface area contributed by atoms with Gasteiger partial charge in [0, 0.05) is 17.9 Å². The third-order valence-corrected chi connectivity index (χ3v) is 8.47. The van der Waals surface area contributed by atoms with Gasteiger partial charge in [-0.05, 0) is 37.3 Å². The molecule has 43 heavy (non-hydrogen) atoms. The SMILES string of the molecule is CCS(=O)(=O)NO[C@@H](c1ccc(C#N)cc1S(C)(=O)=O)c1nnc(-c2cccc(OC)n2)n1-c1c(OC)cccc1OC. The highest BCUT2D eigenvalue weighted by atomic mass is 32.2. The highest BCUT2D eigenvalue weighted by molar-refractivity contribution is 7.90. The van der Waals surface area contributed by atoms with E-state index < -0.39 is 26.0 Å². The Hall–Kier alpha value is -4.56. The fourth-order valence-corrected chi connectivity index (χ4v) is 5.44. The minimum atomic E-state index is -3.98. The normalized spacial score (nSPS) is 12.4. The molecule has 0 radical (unpaired) electrons. The van der Waals surface area contributed by atoms with Crippen LogP contribution in [-0.4, -0.2) is 69.9 Å². The number of rotatable bonds is 12. The number of sulfone groups is 1. The topological polar surface area (TPSA) is 185 Å². The van der Waals surface area contributed by atoms with Crippen molar-refractivity contribution >= 4 is 19.9 Å². The summed E-state index contributed by atoms with van der Waals surface area (Å²) in [4.78, 5) is 12.0. The molecule has 0 fully saturated rings. The Labute approximate surface area is 248 Å². The van der Waals surface area contributed by atoms with Crippen LogP contribution in [0.25, 0.3) is 17.2 Å². The van der Waals surface area contributed by atoms with Gasteiger partial charge in [-0.25, -0.2) is 21.8 Å². The van der Waals surface area contributed by atoms with E-state index in [0.29, 0.717) is 17.2 Å². The van der Waals surface area contributed by atoms with E-state index in [4.69, 9.17) is 19.0 Å². The van der Waals surface area contributed by atoms with Gasteiger partial charge in [-0.15, -0.1) is 10.2 Å². The molecule has 2 heterocycles. The average Bonchev–Trinajstić information content (AvgIpc) is 3.44. The lowest BCUT2D eigenvalue weighted by atomic mass is 10.1. The Morgan fingerprint density at radius 3 is 2.21 bits per heavy atom. The van der Waals surface area contributed by atoms with Crippen molar-refractivity contribution in [2.24, 2.45) is 0 Å². The standard InChI is InChI=1S/C27H28N6O8S2/c1-6-43(36,37)32-41-25(18-14-13-17(16-28)15-22(18)42(5,34)35)27-31-30-26(19-9-7-12-23(29-19)40-4)33(27)24-20(38-2)10-8-11-21(24)39-3/h7-15,25,32H,6H2,1-5H3/t25-/m0/s1. The Morgan fingerprint density at radius 1 is 0.953 bits per heavy atom. The maximum Gasteiger partial charge on any atom is 0.233 e. The Bertz CT molecular complexity index is 1880. The van der Waals surface area contributed by atoms with E-state index in [9.17, 15) is 22.1 Å².